The lowest BCUT2D eigenvalue weighted by molar-refractivity contribution is -0.384. The molecule has 3 aliphatic heterocycles. The van der Waals surface area contributed by atoms with Crippen LogP contribution in [0.1, 0.15) is 50.0 Å². The van der Waals surface area contributed by atoms with E-state index in [4.69, 9.17) is 4.84 Å². The van der Waals surface area contributed by atoms with Crippen LogP contribution in [0.3, 0.4) is 0 Å². The summed E-state index contributed by atoms with van der Waals surface area (Å²) in [4.78, 5) is 31.8. The van der Waals surface area contributed by atoms with E-state index in [0.29, 0.717) is 0 Å². The highest BCUT2D eigenvalue weighted by molar-refractivity contribution is 5.82. The summed E-state index contributed by atoms with van der Waals surface area (Å²) in [5, 5.41) is 12.9. The molecule has 1 aromatic rings. The maximum Gasteiger partial charge on any atom is 0.269 e. The fourth-order valence-corrected chi connectivity index (χ4v) is 4.54. The van der Waals surface area contributed by atoms with Gasteiger partial charge in [0.25, 0.3) is 11.6 Å². The van der Waals surface area contributed by atoms with Crippen LogP contribution < -0.4 is 0 Å². The molecule has 0 saturated carbocycles. The van der Waals surface area contributed by atoms with Crippen molar-refractivity contribution >= 4 is 11.6 Å². The van der Waals surface area contributed by atoms with Crippen LogP contribution in [0.25, 0.3) is 0 Å². The average Bonchev–Trinajstić information content (AvgIpc) is 3.07. The van der Waals surface area contributed by atoms with E-state index in [1.54, 1.807) is 12.1 Å². The molecule has 140 valence electrons. The Bertz CT molecular complexity index is 672. The number of hydrogen-bond acceptors (Lipinski definition) is 5. The Labute approximate surface area is 153 Å². The lowest BCUT2D eigenvalue weighted by atomic mass is 9.83. The monoisotopic (exact) mass is 359 g/mol. The lowest BCUT2D eigenvalue weighted by Gasteiger charge is -2.31. The Kier molecular flexibility index (Phi) is 4.91. The Hall–Kier alpha value is -1.99. The van der Waals surface area contributed by atoms with Gasteiger partial charge in [0, 0.05) is 43.7 Å². The number of nitro groups is 1. The van der Waals surface area contributed by atoms with Crippen LogP contribution in [0.4, 0.5) is 5.69 Å². The van der Waals surface area contributed by atoms with Gasteiger partial charge in [-0.15, -0.1) is 0 Å². The van der Waals surface area contributed by atoms with Crippen molar-refractivity contribution < 1.29 is 14.6 Å². The van der Waals surface area contributed by atoms with E-state index in [9.17, 15) is 14.9 Å². The first-order valence-electron chi connectivity index (χ1n) is 9.62. The predicted octanol–water partition coefficient (Wildman–Crippen LogP) is 2.86. The second kappa shape index (κ2) is 7.32. The van der Waals surface area contributed by atoms with Crippen molar-refractivity contribution in [2.45, 2.75) is 56.6 Å². The van der Waals surface area contributed by atoms with Gasteiger partial charge < -0.3 is 4.90 Å². The number of benzene rings is 1. The molecule has 0 radical (unpaired) electrons. The van der Waals surface area contributed by atoms with E-state index in [2.05, 4.69) is 0 Å². The smallest absolute Gasteiger partial charge is 0.269 e. The summed E-state index contributed by atoms with van der Waals surface area (Å²) in [5.74, 6) is 0.00739. The number of rotatable bonds is 3. The number of nitro benzene ring substituents is 1. The number of likely N-dealkylation sites (tertiary alicyclic amines) is 1. The van der Waals surface area contributed by atoms with Gasteiger partial charge in [-0.1, -0.05) is 18.6 Å². The minimum atomic E-state index is -0.516. The van der Waals surface area contributed by atoms with Crippen LogP contribution in [0, 0.1) is 10.1 Å². The molecule has 3 atom stereocenters. The molecule has 3 heterocycles. The highest BCUT2D eigenvalue weighted by Gasteiger charge is 2.49. The van der Waals surface area contributed by atoms with Gasteiger partial charge in [0.2, 0.25) is 0 Å². The molecule has 7 nitrogen and oxygen atoms in total. The zero-order valence-corrected chi connectivity index (χ0v) is 14.9. The summed E-state index contributed by atoms with van der Waals surface area (Å²) in [6, 6.07) is 6.82. The SMILES string of the molecule is O=C([C@H]1ON2CCCC[C@H]2[C@@H]1c1ccc([N+](=O)[O-])cc1)N1CCCCC1. The van der Waals surface area contributed by atoms with Gasteiger partial charge in [0.1, 0.15) is 0 Å². The molecule has 1 aromatic carbocycles. The summed E-state index contributed by atoms with van der Waals surface area (Å²) in [6.07, 6.45) is 5.95. The first-order valence-corrected chi connectivity index (χ1v) is 9.62. The highest BCUT2D eigenvalue weighted by Crippen LogP contribution is 2.42. The van der Waals surface area contributed by atoms with Crippen molar-refractivity contribution in [3.05, 3.63) is 39.9 Å². The van der Waals surface area contributed by atoms with Gasteiger partial charge >= 0.3 is 0 Å². The zero-order chi connectivity index (χ0) is 18.1. The van der Waals surface area contributed by atoms with Gasteiger partial charge in [0.05, 0.1) is 4.92 Å². The number of carbonyl (C=O) groups is 1. The van der Waals surface area contributed by atoms with Crippen molar-refractivity contribution in [2.75, 3.05) is 19.6 Å². The quantitative estimate of drug-likeness (QED) is 0.613. The van der Waals surface area contributed by atoms with Crippen molar-refractivity contribution in [3.8, 4) is 0 Å². The first-order chi connectivity index (χ1) is 12.6. The molecule has 4 rings (SSSR count). The second-order valence-corrected chi connectivity index (χ2v) is 7.49. The van der Waals surface area contributed by atoms with Crippen LogP contribution in [0.5, 0.6) is 0 Å². The summed E-state index contributed by atoms with van der Waals surface area (Å²) in [7, 11) is 0. The van der Waals surface area contributed by atoms with Crippen LogP contribution in [0.15, 0.2) is 24.3 Å². The van der Waals surface area contributed by atoms with Crippen molar-refractivity contribution in [3.63, 3.8) is 0 Å². The largest absolute Gasteiger partial charge is 0.340 e. The van der Waals surface area contributed by atoms with Crippen LogP contribution in [-0.4, -0.2) is 52.6 Å². The third kappa shape index (κ3) is 3.21. The molecule has 1 amide bonds. The number of amides is 1. The van der Waals surface area contributed by atoms with Crippen molar-refractivity contribution in [2.24, 2.45) is 0 Å². The maximum absolute atomic E-state index is 13.2. The molecule has 7 heteroatoms. The van der Waals surface area contributed by atoms with Crippen LogP contribution in [0.2, 0.25) is 0 Å². The topological polar surface area (TPSA) is 75.9 Å². The van der Waals surface area contributed by atoms with Gasteiger partial charge in [-0.05, 0) is 37.7 Å². The average molecular weight is 359 g/mol. The summed E-state index contributed by atoms with van der Waals surface area (Å²) >= 11 is 0. The molecular formula is C19H25N3O4. The molecule has 0 bridgehead atoms. The van der Waals surface area contributed by atoms with Gasteiger partial charge in [0.15, 0.2) is 6.10 Å². The molecule has 0 aromatic heterocycles. The Morgan fingerprint density at radius 1 is 1.04 bits per heavy atom. The molecule has 0 unspecified atom stereocenters. The number of carbonyl (C=O) groups excluding carboxylic acids is 1. The molecular weight excluding hydrogens is 334 g/mol. The molecule has 3 saturated heterocycles. The summed E-state index contributed by atoms with van der Waals surface area (Å²) in [6.45, 7) is 2.45. The van der Waals surface area contributed by atoms with Gasteiger partial charge in [-0.2, -0.15) is 5.06 Å². The summed E-state index contributed by atoms with van der Waals surface area (Å²) in [5.41, 5.74) is 1.03. The predicted molar refractivity (Wildman–Crippen MR) is 95.5 cm³/mol. The normalized spacial score (nSPS) is 29.4. The fraction of sp³-hybridized carbons (Fsp3) is 0.632. The number of fused-ring (bicyclic) bond motifs is 1. The van der Waals surface area contributed by atoms with E-state index in [0.717, 1.165) is 57.3 Å². The van der Waals surface area contributed by atoms with Crippen LogP contribution >= 0.6 is 0 Å². The number of nitrogens with zero attached hydrogens (tertiary/aromatic N) is 3. The summed E-state index contributed by atoms with van der Waals surface area (Å²) < 4.78 is 0. The van der Waals surface area contributed by atoms with E-state index >= 15 is 0 Å². The maximum atomic E-state index is 13.2. The standard InChI is InChI=1S/C19H25N3O4/c23-19(20-11-3-1-4-12-20)18-17(16-6-2-5-13-21(16)26-18)14-7-9-15(10-8-14)22(24)25/h7-10,16-18H,1-6,11-13H2/t16-,17-,18-/m0/s1. The third-order valence-electron chi connectivity index (χ3n) is 5.89. The number of hydrogen-bond donors (Lipinski definition) is 0. The number of hydroxylamine groups is 2. The van der Waals surface area contributed by atoms with E-state index in [1.165, 1.54) is 18.6 Å². The highest BCUT2D eigenvalue weighted by atomic mass is 16.7. The molecule has 3 fully saturated rings. The lowest BCUT2D eigenvalue weighted by Crippen LogP contribution is -2.44. The van der Waals surface area contributed by atoms with Gasteiger partial charge in [-0.25, -0.2) is 0 Å². The number of non-ortho nitro benzene ring substituents is 1. The Morgan fingerprint density at radius 2 is 1.73 bits per heavy atom. The van der Waals surface area contributed by atoms with E-state index < -0.39 is 11.0 Å². The van der Waals surface area contributed by atoms with Crippen molar-refractivity contribution in [1.29, 1.82) is 0 Å². The molecule has 0 aliphatic carbocycles. The minimum absolute atomic E-state index is 0.0643. The van der Waals surface area contributed by atoms with Crippen molar-refractivity contribution in [1.82, 2.24) is 9.96 Å². The number of piperidine rings is 2. The van der Waals surface area contributed by atoms with Gasteiger partial charge in [-0.3, -0.25) is 19.7 Å². The minimum Gasteiger partial charge on any atom is -0.340 e. The zero-order valence-electron chi connectivity index (χ0n) is 14.9. The third-order valence-corrected chi connectivity index (χ3v) is 5.89. The molecule has 26 heavy (non-hydrogen) atoms. The fourth-order valence-electron chi connectivity index (χ4n) is 4.54. The van der Waals surface area contributed by atoms with E-state index in [1.807, 2.05) is 9.96 Å². The van der Waals surface area contributed by atoms with E-state index in [-0.39, 0.29) is 23.6 Å². The molecule has 0 spiro atoms. The first kappa shape index (κ1) is 17.4. The van der Waals surface area contributed by atoms with Crippen LogP contribution in [-0.2, 0) is 9.63 Å². The molecule has 3 aliphatic rings. The Morgan fingerprint density at radius 3 is 2.42 bits per heavy atom. The molecule has 0 N–H and O–H groups in total. The second-order valence-electron chi connectivity index (χ2n) is 7.49. The Balaban J connectivity index is 1.62.